The summed E-state index contributed by atoms with van der Waals surface area (Å²) in [6.45, 7) is 5.64. The average molecular weight is 356 g/mol. The van der Waals surface area contributed by atoms with E-state index >= 15 is 0 Å². The molecular weight excluding hydrogens is 336 g/mol. The first-order valence-electron chi connectivity index (χ1n) is 8.05. The van der Waals surface area contributed by atoms with E-state index in [0.29, 0.717) is 10.8 Å². The molecule has 0 aliphatic carbocycles. The van der Waals surface area contributed by atoms with Crippen molar-refractivity contribution in [3.8, 4) is 0 Å². The van der Waals surface area contributed by atoms with Crippen LogP contribution in [0.5, 0.6) is 0 Å². The van der Waals surface area contributed by atoms with Crippen LogP contribution in [-0.2, 0) is 16.0 Å². The van der Waals surface area contributed by atoms with Gasteiger partial charge in [0.1, 0.15) is 0 Å². The molecule has 3 N–H and O–H groups in total. The summed E-state index contributed by atoms with van der Waals surface area (Å²) >= 11 is 1.32. The van der Waals surface area contributed by atoms with Crippen molar-refractivity contribution in [3.05, 3.63) is 41.0 Å². The van der Waals surface area contributed by atoms with Crippen molar-refractivity contribution in [3.63, 3.8) is 0 Å². The van der Waals surface area contributed by atoms with Gasteiger partial charge in [0, 0.05) is 33.6 Å². The van der Waals surface area contributed by atoms with Crippen LogP contribution < -0.4 is 10.6 Å². The molecule has 0 saturated heterocycles. The van der Waals surface area contributed by atoms with Crippen LogP contribution in [0.15, 0.2) is 29.6 Å². The number of benzene rings is 1. The van der Waals surface area contributed by atoms with Crippen LogP contribution in [0.4, 0.5) is 10.8 Å². The van der Waals surface area contributed by atoms with Crippen LogP contribution >= 0.6 is 11.3 Å². The number of thiazole rings is 1. The fourth-order valence-electron chi connectivity index (χ4n) is 2.42. The van der Waals surface area contributed by atoms with Crippen molar-refractivity contribution in [1.82, 2.24) is 9.97 Å². The summed E-state index contributed by atoms with van der Waals surface area (Å²) in [6.07, 6.45) is 0.165. The molecule has 2 heterocycles. The molecule has 0 radical (unpaired) electrons. The molecule has 7 heteroatoms. The summed E-state index contributed by atoms with van der Waals surface area (Å²) in [7, 11) is 0. The molecule has 130 valence electrons. The van der Waals surface area contributed by atoms with Crippen molar-refractivity contribution in [2.24, 2.45) is 5.92 Å². The molecule has 0 atom stereocenters. The zero-order chi connectivity index (χ0) is 18.0. The minimum atomic E-state index is -0.140. The van der Waals surface area contributed by atoms with Gasteiger partial charge >= 0.3 is 0 Å². The second-order valence-corrected chi connectivity index (χ2v) is 7.13. The number of aromatic nitrogens is 2. The van der Waals surface area contributed by atoms with E-state index < -0.39 is 0 Å². The molecule has 0 aliphatic rings. The second kappa shape index (κ2) is 7.06. The third-order valence-corrected chi connectivity index (χ3v) is 4.49. The molecule has 3 aromatic rings. The van der Waals surface area contributed by atoms with Crippen molar-refractivity contribution >= 4 is 44.9 Å². The molecule has 6 nitrogen and oxygen atoms in total. The highest BCUT2D eigenvalue weighted by Crippen LogP contribution is 2.21. The number of carbonyl (C=O) groups excluding carboxylic acids is 2. The first-order chi connectivity index (χ1) is 11.9. The Hall–Kier alpha value is -2.67. The summed E-state index contributed by atoms with van der Waals surface area (Å²) in [4.78, 5) is 31.4. The van der Waals surface area contributed by atoms with E-state index in [2.05, 4.69) is 20.6 Å². The summed E-state index contributed by atoms with van der Waals surface area (Å²) in [6, 6.07) is 7.78. The molecular formula is C18H20N4O2S. The van der Waals surface area contributed by atoms with Crippen molar-refractivity contribution < 1.29 is 9.59 Å². The van der Waals surface area contributed by atoms with Gasteiger partial charge in [0.2, 0.25) is 11.8 Å². The molecule has 0 aliphatic heterocycles. The standard InChI is InChI=1S/C18H20N4O2S/c1-10(2)17(24)22-18-21-14(9-25-18)8-16(23)20-13-4-5-15-12(7-13)6-11(3)19-15/h4-7,9-10,19H,8H2,1-3H3,(H,20,23)(H,21,22,24). The topological polar surface area (TPSA) is 86.9 Å². The number of hydrogen-bond donors (Lipinski definition) is 3. The second-order valence-electron chi connectivity index (χ2n) is 6.27. The lowest BCUT2D eigenvalue weighted by molar-refractivity contribution is -0.119. The predicted octanol–water partition coefficient (Wildman–Crippen LogP) is 3.71. The number of aromatic amines is 1. The van der Waals surface area contributed by atoms with Crippen molar-refractivity contribution in [2.75, 3.05) is 10.6 Å². The van der Waals surface area contributed by atoms with E-state index in [1.807, 2.05) is 45.0 Å². The highest BCUT2D eigenvalue weighted by atomic mass is 32.1. The number of rotatable bonds is 5. The number of aryl methyl sites for hydroxylation is 1. The van der Waals surface area contributed by atoms with Crippen LogP contribution in [0.2, 0.25) is 0 Å². The van der Waals surface area contributed by atoms with Crippen LogP contribution in [-0.4, -0.2) is 21.8 Å². The molecule has 0 saturated carbocycles. The number of fused-ring (bicyclic) bond motifs is 1. The number of anilines is 2. The Bertz CT molecular complexity index is 926. The quantitative estimate of drug-likeness (QED) is 0.651. The maximum absolute atomic E-state index is 12.2. The van der Waals surface area contributed by atoms with E-state index in [-0.39, 0.29) is 24.2 Å². The fourth-order valence-corrected chi connectivity index (χ4v) is 3.13. The Balaban J connectivity index is 1.61. The predicted molar refractivity (Wildman–Crippen MR) is 101 cm³/mol. The Labute approximate surface area is 149 Å². The number of carbonyl (C=O) groups is 2. The van der Waals surface area contributed by atoms with Crippen molar-refractivity contribution in [2.45, 2.75) is 27.2 Å². The van der Waals surface area contributed by atoms with E-state index in [1.165, 1.54) is 11.3 Å². The maximum Gasteiger partial charge on any atom is 0.230 e. The van der Waals surface area contributed by atoms with Gasteiger partial charge in [-0.3, -0.25) is 9.59 Å². The Morgan fingerprint density at radius 2 is 2.04 bits per heavy atom. The molecule has 2 amide bonds. The highest BCUT2D eigenvalue weighted by molar-refractivity contribution is 7.13. The van der Waals surface area contributed by atoms with E-state index in [1.54, 1.807) is 5.38 Å². The molecule has 0 fully saturated rings. The average Bonchev–Trinajstić information content (AvgIpc) is 3.11. The SMILES string of the molecule is Cc1cc2cc(NC(=O)Cc3csc(NC(=O)C(C)C)n3)ccc2[nH]1. The number of amides is 2. The fraction of sp³-hybridized carbons (Fsp3) is 0.278. The first kappa shape index (κ1) is 17.2. The number of H-pyrrole nitrogens is 1. The zero-order valence-corrected chi connectivity index (χ0v) is 15.2. The summed E-state index contributed by atoms with van der Waals surface area (Å²) in [5, 5.41) is 8.99. The lowest BCUT2D eigenvalue weighted by Gasteiger charge is -2.05. The van der Waals surface area contributed by atoms with Crippen molar-refractivity contribution in [1.29, 1.82) is 0 Å². The van der Waals surface area contributed by atoms with Gasteiger partial charge in [-0.25, -0.2) is 4.98 Å². The van der Waals surface area contributed by atoms with Gasteiger partial charge in [-0.05, 0) is 31.2 Å². The molecule has 0 unspecified atom stereocenters. The first-order valence-corrected chi connectivity index (χ1v) is 8.93. The molecule has 1 aromatic carbocycles. The Morgan fingerprint density at radius 1 is 1.24 bits per heavy atom. The van der Waals surface area contributed by atoms with Crippen LogP contribution in [0.1, 0.15) is 25.2 Å². The molecule has 25 heavy (non-hydrogen) atoms. The van der Waals surface area contributed by atoms with E-state index in [4.69, 9.17) is 0 Å². The van der Waals surface area contributed by atoms with Gasteiger partial charge in [-0.2, -0.15) is 0 Å². The maximum atomic E-state index is 12.2. The van der Waals surface area contributed by atoms with Gasteiger partial charge in [0.15, 0.2) is 5.13 Å². The lowest BCUT2D eigenvalue weighted by atomic mass is 10.2. The smallest absolute Gasteiger partial charge is 0.230 e. The van der Waals surface area contributed by atoms with Gasteiger partial charge < -0.3 is 15.6 Å². The van der Waals surface area contributed by atoms with Crippen LogP contribution in [0.25, 0.3) is 10.9 Å². The molecule has 0 spiro atoms. The van der Waals surface area contributed by atoms with Crippen LogP contribution in [0.3, 0.4) is 0 Å². The zero-order valence-electron chi connectivity index (χ0n) is 14.3. The molecule has 2 aromatic heterocycles. The Morgan fingerprint density at radius 3 is 2.80 bits per heavy atom. The minimum Gasteiger partial charge on any atom is -0.359 e. The number of hydrogen-bond acceptors (Lipinski definition) is 4. The van der Waals surface area contributed by atoms with Gasteiger partial charge in [0.25, 0.3) is 0 Å². The van der Waals surface area contributed by atoms with E-state index in [9.17, 15) is 9.59 Å². The van der Waals surface area contributed by atoms with Crippen LogP contribution in [0, 0.1) is 12.8 Å². The number of nitrogens with one attached hydrogen (secondary N) is 3. The van der Waals surface area contributed by atoms with E-state index in [0.717, 1.165) is 22.3 Å². The highest BCUT2D eigenvalue weighted by Gasteiger charge is 2.12. The van der Waals surface area contributed by atoms with Gasteiger partial charge in [0.05, 0.1) is 12.1 Å². The third-order valence-electron chi connectivity index (χ3n) is 3.69. The van der Waals surface area contributed by atoms with Gasteiger partial charge in [-0.15, -0.1) is 11.3 Å². The largest absolute Gasteiger partial charge is 0.359 e. The summed E-state index contributed by atoms with van der Waals surface area (Å²) in [5.41, 5.74) is 3.51. The normalized spacial score (nSPS) is 11.0. The molecule has 0 bridgehead atoms. The van der Waals surface area contributed by atoms with Gasteiger partial charge in [-0.1, -0.05) is 13.8 Å². The third kappa shape index (κ3) is 4.24. The lowest BCUT2D eigenvalue weighted by Crippen LogP contribution is -2.18. The monoisotopic (exact) mass is 356 g/mol. The minimum absolute atomic E-state index is 0.0829. The Kier molecular flexibility index (Phi) is 4.85. The number of nitrogens with zero attached hydrogens (tertiary/aromatic N) is 1. The summed E-state index contributed by atoms with van der Waals surface area (Å²) in [5.74, 6) is -0.332. The molecule has 3 rings (SSSR count). The summed E-state index contributed by atoms with van der Waals surface area (Å²) < 4.78 is 0.